The highest BCUT2D eigenvalue weighted by Crippen LogP contribution is 2.66. The number of phosphoric ester groups is 1. The summed E-state index contributed by atoms with van der Waals surface area (Å²) in [5.74, 6) is -0.158. The third kappa shape index (κ3) is 19.1. The van der Waals surface area contributed by atoms with Crippen LogP contribution in [0, 0.1) is 0 Å². The fraction of sp³-hybridized carbons (Fsp3) is 0.652. The van der Waals surface area contributed by atoms with Crippen LogP contribution in [0.15, 0.2) is 21.9 Å². The van der Waals surface area contributed by atoms with Gasteiger partial charge in [0, 0.05) is 45.8 Å². The van der Waals surface area contributed by atoms with Crippen LogP contribution >= 0.6 is 23.5 Å². The monoisotopic (exact) mass is 706 g/mol. The minimum Gasteiger partial charge on any atom is -0.379 e. The molecule has 19 nitrogen and oxygen atoms in total. The quantitative estimate of drug-likeness (QED) is 0.0623. The summed E-state index contributed by atoms with van der Waals surface area (Å²) in [6.45, 7) is 1.89. The van der Waals surface area contributed by atoms with E-state index in [4.69, 9.17) is 14.5 Å². The fourth-order valence-corrected chi connectivity index (χ4v) is 6.58. The molecule has 0 saturated carbocycles. The zero-order valence-corrected chi connectivity index (χ0v) is 27.5. The predicted octanol–water partition coefficient (Wildman–Crippen LogP) is 1.28. The lowest BCUT2D eigenvalue weighted by atomic mass is 10.2. The number of aromatic amines is 1. The summed E-state index contributed by atoms with van der Waals surface area (Å²) in [6, 6.07) is 0. The Morgan fingerprint density at radius 2 is 1.64 bits per heavy atom. The van der Waals surface area contributed by atoms with Crippen LogP contribution in [0.1, 0.15) is 63.9 Å². The van der Waals surface area contributed by atoms with Crippen molar-refractivity contribution in [3.8, 4) is 0 Å². The molecule has 1 rings (SSSR count). The number of unbranched alkanes of at least 4 members (excludes halogenated alkanes) is 3. The summed E-state index contributed by atoms with van der Waals surface area (Å²) in [6.07, 6.45) is 7.94. The van der Waals surface area contributed by atoms with Crippen molar-refractivity contribution in [3.63, 3.8) is 0 Å². The summed E-state index contributed by atoms with van der Waals surface area (Å²) in [5, 5.41) is 5.53. The van der Waals surface area contributed by atoms with E-state index in [1.807, 2.05) is 6.92 Å². The molecule has 1 aromatic heterocycles. The second kappa shape index (κ2) is 20.1. The van der Waals surface area contributed by atoms with Gasteiger partial charge in [-0.2, -0.15) is 8.62 Å². The van der Waals surface area contributed by atoms with E-state index in [-0.39, 0.29) is 36.9 Å². The third-order valence-corrected chi connectivity index (χ3v) is 9.58. The summed E-state index contributed by atoms with van der Waals surface area (Å²) in [4.78, 5) is 86.1. The van der Waals surface area contributed by atoms with Gasteiger partial charge in [-0.05, 0) is 25.7 Å². The van der Waals surface area contributed by atoms with Gasteiger partial charge in [-0.1, -0.05) is 31.9 Å². The molecular formula is C23H41N4O15P3. The molecule has 258 valence electrons. The Hall–Kier alpha value is -2.27. The molecule has 0 bridgehead atoms. The predicted molar refractivity (Wildman–Crippen MR) is 160 cm³/mol. The Morgan fingerprint density at radius 3 is 2.29 bits per heavy atom. The topological polar surface area (TPSA) is 282 Å². The van der Waals surface area contributed by atoms with Crippen LogP contribution in [-0.2, 0) is 47.7 Å². The number of H-pyrrole nitrogens is 1. The minimum absolute atomic E-state index is 0.0301. The molecule has 0 saturated heterocycles. The number of nitrogens with zero attached hydrogens (tertiary/aromatic N) is 1. The summed E-state index contributed by atoms with van der Waals surface area (Å²) in [7, 11) is -15.4. The number of amides is 2. The average molecular weight is 707 g/mol. The Labute approximate surface area is 258 Å². The first-order valence-corrected chi connectivity index (χ1v) is 18.3. The summed E-state index contributed by atoms with van der Waals surface area (Å²) < 4.78 is 52.0. The molecule has 0 aliphatic rings. The summed E-state index contributed by atoms with van der Waals surface area (Å²) >= 11 is 0. The molecule has 1 aromatic rings. The van der Waals surface area contributed by atoms with Crippen molar-refractivity contribution in [1.29, 1.82) is 0 Å². The normalized spacial score (nSPS) is 15.3. The fourth-order valence-electron chi connectivity index (χ4n) is 3.53. The van der Waals surface area contributed by atoms with Crippen molar-refractivity contribution in [2.45, 2.75) is 70.9 Å². The van der Waals surface area contributed by atoms with Gasteiger partial charge in [0.25, 0.3) is 5.56 Å². The number of hydrogen-bond acceptors (Lipinski definition) is 11. The molecule has 0 spiro atoms. The average Bonchev–Trinajstić information content (AvgIpc) is 2.91. The zero-order chi connectivity index (χ0) is 34.1. The molecule has 2 unspecified atom stereocenters. The number of carbonyl (C=O) groups excluding carboxylic acids is 2. The van der Waals surface area contributed by atoms with Gasteiger partial charge in [-0.15, -0.1) is 0 Å². The number of nitrogens with one attached hydrogen (secondary N) is 3. The van der Waals surface area contributed by atoms with E-state index in [2.05, 4.69) is 28.8 Å². The number of ether oxygens (including phenoxy) is 1. The number of rotatable bonds is 23. The van der Waals surface area contributed by atoms with Gasteiger partial charge in [0.1, 0.15) is 0 Å². The lowest BCUT2D eigenvalue weighted by Gasteiger charge is -2.19. The van der Waals surface area contributed by atoms with E-state index in [1.165, 1.54) is 25.5 Å². The number of carbonyl (C=O) groups is 2. The van der Waals surface area contributed by atoms with E-state index >= 15 is 0 Å². The molecule has 3 atom stereocenters. The highest BCUT2D eigenvalue weighted by molar-refractivity contribution is 7.66. The molecule has 0 radical (unpaired) electrons. The van der Waals surface area contributed by atoms with Crippen LogP contribution in [0.3, 0.4) is 0 Å². The molecule has 0 aliphatic heterocycles. The molecular weight excluding hydrogens is 665 g/mol. The molecule has 45 heavy (non-hydrogen) atoms. The maximum atomic E-state index is 12.2. The summed E-state index contributed by atoms with van der Waals surface area (Å²) in [5.41, 5.74) is -1.36. The SMILES string of the molecule is CCCCC(=O)NCCCCCC(=O)NC/C=C/c1cn(CC[C@@H](COP(=O)(O)OP(=O)(O)OP(=O)(O)O)OC)c(=O)[nH]c1=O. The highest BCUT2D eigenvalue weighted by atomic mass is 31.3. The van der Waals surface area contributed by atoms with Crippen LogP contribution in [-0.4, -0.2) is 73.8 Å². The Balaban J connectivity index is 2.54. The van der Waals surface area contributed by atoms with E-state index in [0.717, 1.165) is 30.3 Å². The second-order valence-corrected chi connectivity index (χ2v) is 14.0. The van der Waals surface area contributed by atoms with Crippen LogP contribution in [0.4, 0.5) is 0 Å². The van der Waals surface area contributed by atoms with Crippen molar-refractivity contribution >= 4 is 41.4 Å². The number of methoxy groups -OCH3 is 1. The van der Waals surface area contributed by atoms with Gasteiger partial charge in [-0.3, -0.25) is 28.5 Å². The number of phosphoric acid groups is 3. The number of aryl methyl sites for hydroxylation is 1. The molecule has 7 N–H and O–H groups in total. The Morgan fingerprint density at radius 1 is 0.978 bits per heavy atom. The Bertz CT molecular complexity index is 1390. The van der Waals surface area contributed by atoms with Crippen molar-refractivity contribution in [3.05, 3.63) is 38.7 Å². The van der Waals surface area contributed by atoms with Crippen molar-refractivity contribution in [2.24, 2.45) is 0 Å². The lowest BCUT2D eigenvalue weighted by Crippen LogP contribution is -2.32. The smallest absolute Gasteiger partial charge is 0.379 e. The molecule has 2 amide bonds. The first-order chi connectivity index (χ1) is 21.0. The third-order valence-electron chi connectivity index (χ3n) is 5.78. The van der Waals surface area contributed by atoms with Gasteiger partial charge in [-0.25, -0.2) is 18.5 Å². The van der Waals surface area contributed by atoms with Crippen LogP contribution < -0.4 is 21.9 Å². The second-order valence-electron chi connectivity index (χ2n) is 9.54. The van der Waals surface area contributed by atoms with E-state index in [9.17, 15) is 42.7 Å². The van der Waals surface area contributed by atoms with E-state index in [0.29, 0.717) is 25.8 Å². The number of aromatic nitrogens is 2. The van der Waals surface area contributed by atoms with Crippen LogP contribution in [0.25, 0.3) is 6.08 Å². The van der Waals surface area contributed by atoms with Crippen LogP contribution in [0.2, 0.25) is 0 Å². The van der Waals surface area contributed by atoms with E-state index in [1.54, 1.807) is 0 Å². The maximum Gasteiger partial charge on any atom is 0.490 e. The first kappa shape index (κ1) is 40.8. The highest BCUT2D eigenvalue weighted by Gasteiger charge is 2.40. The largest absolute Gasteiger partial charge is 0.490 e. The maximum absolute atomic E-state index is 12.2. The Kier molecular flexibility index (Phi) is 18.2. The van der Waals surface area contributed by atoms with Gasteiger partial charge in [0.15, 0.2) is 0 Å². The lowest BCUT2D eigenvalue weighted by molar-refractivity contribution is -0.122. The van der Waals surface area contributed by atoms with Gasteiger partial charge < -0.3 is 34.9 Å². The molecule has 0 aromatic carbocycles. The molecule has 1 heterocycles. The zero-order valence-electron chi connectivity index (χ0n) is 24.9. The van der Waals surface area contributed by atoms with Gasteiger partial charge in [0.2, 0.25) is 11.8 Å². The number of hydrogen-bond donors (Lipinski definition) is 7. The molecule has 0 fully saturated rings. The van der Waals surface area contributed by atoms with Crippen molar-refractivity contribution < 1.29 is 60.7 Å². The van der Waals surface area contributed by atoms with Gasteiger partial charge in [0.05, 0.1) is 18.3 Å². The molecule has 0 aliphatic carbocycles. The standard InChI is InChI=1S/C23H41N4O15P3/c1-3-4-10-20(28)24-13-7-5-6-11-21(29)25-14-8-9-18-16-27(23(31)26-22(18)30)15-12-19(39-2)17-40-44(35,36)42-45(37,38)41-43(32,33)34/h8-9,16,19H,3-7,10-15,17H2,1-2H3,(H,24,28)(H,25,29)(H,35,36)(H,37,38)(H,26,30,31)(H2,32,33,34)/b9-8+/t19-/m0/s1. The van der Waals surface area contributed by atoms with Crippen molar-refractivity contribution in [2.75, 3.05) is 26.8 Å². The van der Waals surface area contributed by atoms with Crippen LogP contribution in [0.5, 0.6) is 0 Å². The van der Waals surface area contributed by atoms with Gasteiger partial charge >= 0.3 is 29.2 Å². The minimum atomic E-state index is -5.68. The first-order valence-electron chi connectivity index (χ1n) is 13.8. The van der Waals surface area contributed by atoms with Crippen molar-refractivity contribution in [1.82, 2.24) is 20.2 Å². The van der Waals surface area contributed by atoms with E-state index < -0.39 is 47.4 Å². The molecule has 22 heteroatoms.